The first-order valence-corrected chi connectivity index (χ1v) is 6.90. The second-order valence-corrected chi connectivity index (χ2v) is 5.03. The van der Waals surface area contributed by atoms with Gasteiger partial charge in [-0.3, -0.25) is 4.90 Å². The summed E-state index contributed by atoms with van der Waals surface area (Å²) in [6.07, 6.45) is 4.10. The quantitative estimate of drug-likeness (QED) is 0.786. The van der Waals surface area contributed by atoms with Crippen molar-refractivity contribution in [2.75, 3.05) is 46.3 Å². The summed E-state index contributed by atoms with van der Waals surface area (Å²) in [7, 11) is 2.19. The standard InChI is InChI=1S/C13H25N5/c1-3-14-10-13-11-18(12-15-13)9-8-17-6-4-16(2)5-7-17/h11-12,14H,3-10H2,1-2H3. The molecule has 1 N–H and O–H groups in total. The van der Waals surface area contributed by atoms with E-state index in [0.717, 1.165) is 31.9 Å². The van der Waals surface area contributed by atoms with Crippen LogP contribution in [0, 0.1) is 0 Å². The lowest BCUT2D eigenvalue weighted by Crippen LogP contribution is -2.45. The Balaban J connectivity index is 1.71. The lowest BCUT2D eigenvalue weighted by atomic mass is 10.3. The fourth-order valence-corrected chi connectivity index (χ4v) is 2.20. The van der Waals surface area contributed by atoms with Crippen LogP contribution in [0.25, 0.3) is 0 Å². The third-order valence-electron chi connectivity index (χ3n) is 3.51. The summed E-state index contributed by atoms with van der Waals surface area (Å²) in [5, 5.41) is 3.30. The second kappa shape index (κ2) is 6.87. The molecule has 1 saturated heterocycles. The number of likely N-dealkylation sites (N-methyl/N-ethyl adjacent to an activating group) is 1. The Bertz CT molecular complexity index is 341. The van der Waals surface area contributed by atoms with Crippen LogP contribution >= 0.6 is 0 Å². The van der Waals surface area contributed by atoms with Crippen LogP contribution in [0.5, 0.6) is 0 Å². The minimum Gasteiger partial charge on any atom is -0.336 e. The van der Waals surface area contributed by atoms with E-state index in [1.165, 1.54) is 26.2 Å². The normalized spacial score (nSPS) is 18.3. The largest absolute Gasteiger partial charge is 0.336 e. The van der Waals surface area contributed by atoms with Crippen molar-refractivity contribution >= 4 is 0 Å². The smallest absolute Gasteiger partial charge is 0.0950 e. The minimum absolute atomic E-state index is 0.873. The average Bonchev–Trinajstić information content (AvgIpc) is 2.84. The third kappa shape index (κ3) is 4.08. The lowest BCUT2D eigenvalue weighted by Gasteiger charge is -2.32. The molecule has 5 nitrogen and oxygen atoms in total. The Morgan fingerprint density at radius 1 is 1.22 bits per heavy atom. The topological polar surface area (TPSA) is 36.3 Å². The Kier molecular flexibility index (Phi) is 5.16. The van der Waals surface area contributed by atoms with Crippen LogP contribution in [0.2, 0.25) is 0 Å². The molecule has 18 heavy (non-hydrogen) atoms. The molecule has 0 spiro atoms. The van der Waals surface area contributed by atoms with E-state index in [1.54, 1.807) is 0 Å². The third-order valence-corrected chi connectivity index (χ3v) is 3.51. The first-order chi connectivity index (χ1) is 8.78. The van der Waals surface area contributed by atoms with E-state index in [-0.39, 0.29) is 0 Å². The maximum absolute atomic E-state index is 4.40. The molecule has 1 aliphatic heterocycles. The van der Waals surface area contributed by atoms with Crippen LogP contribution < -0.4 is 5.32 Å². The molecule has 102 valence electrons. The molecule has 1 aromatic rings. The van der Waals surface area contributed by atoms with Gasteiger partial charge in [0.25, 0.3) is 0 Å². The van der Waals surface area contributed by atoms with E-state index in [1.807, 2.05) is 6.33 Å². The Morgan fingerprint density at radius 3 is 2.72 bits per heavy atom. The molecule has 5 heteroatoms. The van der Waals surface area contributed by atoms with Crippen molar-refractivity contribution in [1.29, 1.82) is 0 Å². The van der Waals surface area contributed by atoms with Gasteiger partial charge >= 0.3 is 0 Å². The summed E-state index contributed by atoms with van der Waals surface area (Å²) in [4.78, 5) is 9.33. The van der Waals surface area contributed by atoms with Crippen molar-refractivity contribution < 1.29 is 0 Å². The van der Waals surface area contributed by atoms with Gasteiger partial charge in [0.05, 0.1) is 12.0 Å². The zero-order valence-electron chi connectivity index (χ0n) is 11.6. The molecule has 0 saturated carbocycles. The van der Waals surface area contributed by atoms with Gasteiger partial charge in [-0.2, -0.15) is 0 Å². The monoisotopic (exact) mass is 251 g/mol. The summed E-state index contributed by atoms with van der Waals surface area (Å²) in [6.45, 7) is 10.9. The first kappa shape index (κ1) is 13.5. The van der Waals surface area contributed by atoms with Gasteiger partial charge in [-0.05, 0) is 13.6 Å². The molecule has 0 aliphatic carbocycles. The molecule has 2 rings (SSSR count). The van der Waals surface area contributed by atoms with Crippen LogP contribution in [0.1, 0.15) is 12.6 Å². The molecule has 0 radical (unpaired) electrons. The summed E-state index contributed by atoms with van der Waals surface area (Å²) >= 11 is 0. The highest BCUT2D eigenvalue weighted by Gasteiger charge is 2.13. The predicted molar refractivity (Wildman–Crippen MR) is 73.5 cm³/mol. The van der Waals surface area contributed by atoms with Crippen LogP contribution in [0.4, 0.5) is 0 Å². The Hall–Kier alpha value is -0.910. The fourth-order valence-electron chi connectivity index (χ4n) is 2.20. The van der Waals surface area contributed by atoms with Crippen LogP contribution in [0.15, 0.2) is 12.5 Å². The van der Waals surface area contributed by atoms with E-state index in [4.69, 9.17) is 0 Å². The van der Waals surface area contributed by atoms with Gasteiger partial charge in [-0.15, -0.1) is 0 Å². The van der Waals surface area contributed by atoms with Gasteiger partial charge in [-0.25, -0.2) is 4.98 Å². The van der Waals surface area contributed by atoms with Crippen molar-refractivity contribution in [2.24, 2.45) is 0 Å². The first-order valence-electron chi connectivity index (χ1n) is 6.90. The molecular formula is C13H25N5. The summed E-state index contributed by atoms with van der Waals surface area (Å²) in [5.41, 5.74) is 1.13. The van der Waals surface area contributed by atoms with Crippen LogP contribution in [0.3, 0.4) is 0 Å². The van der Waals surface area contributed by atoms with E-state index >= 15 is 0 Å². The maximum atomic E-state index is 4.40. The van der Waals surface area contributed by atoms with Gasteiger partial charge in [0, 0.05) is 52.0 Å². The number of piperazine rings is 1. The lowest BCUT2D eigenvalue weighted by molar-refractivity contribution is 0.150. The zero-order chi connectivity index (χ0) is 12.8. The second-order valence-electron chi connectivity index (χ2n) is 5.03. The SMILES string of the molecule is CCNCc1cn(CCN2CCN(C)CC2)cn1. The highest BCUT2D eigenvalue weighted by atomic mass is 15.3. The van der Waals surface area contributed by atoms with Gasteiger partial charge in [-0.1, -0.05) is 6.92 Å². The molecular weight excluding hydrogens is 226 g/mol. The Labute approximate surface area is 110 Å². The molecule has 2 heterocycles. The molecule has 1 aliphatic rings. The zero-order valence-corrected chi connectivity index (χ0v) is 11.6. The molecule has 0 bridgehead atoms. The molecule has 0 unspecified atom stereocenters. The summed E-state index contributed by atoms with van der Waals surface area (Å²) in [6, 6.07) is 0. The van der Waals surface area contributed by atoms with E-state index in [9.17, 15) is 0 Å². The maximum Gasteiger partial charge on any atom is 0.0950 e. The number of nitrogens with zero attached hydrogens (tertiary/aromatic N) is 4. The number of imidazole rings is 1. The van der Waals surface area contributed by atoms with Gasteiger partial charge in [0.1, 0.15) is 0 Å². The number of aromatic nitrogens is 2. The van der Waals surface area contributed by atoms with Crippen molar-refractivity contribution in [1.82, 2.24) is 24.7 Å². The minimum atomic E-state index is 0.873. The number of rotatable bonds is 6. The molecule has 1 fully saturated rings. The van der Waals surface area contributed by atoms with Crippen molar-refractivity contribution in [3.05, 3.63) is 18.2 Å². The molecule has 1 aromatic heterocycles. The van der Waals surface area contributed by atoms with Crippen molar-refractivity contribution in [3.63, 3.8) is 0 Å². The fraction of sp³-hybridized carbons (Fsp3) is 0.769. The molecule has 0 amide bonds. The van der Waals surface area contributed by atoms with Gasteiger partial charge in [0.15, 0.2) is 0 Å². The van der Waals surface area contributed by atoms with E-state index in [0.29, 0.717) is 0 Å². The Morgan fingerprint density at radius 2 is 2.00 bits per heavy atom. The molecule has 0 atom stereocenters. The summed E-state index contributed by atoms with van der Waals surface area (Å²) < 4.78 is 2.20. The molecule has 0 aromatic carbocycles. The van der Waals surface area contributed by atoms with Crippen LogP contribution in [-0.4, -0.2) is 65.7 Å². The van der Waals surface area contributed by atoms with E-state index in [2.05, 4.69) is 44.8 Å². The predicted octanol–water partition coefficient (Wildman–Crippen LogP) is 0.240. The van der Waals surface area contributed by atoms with Gasteiger partial charge < -0.3 is 14.8 Å². The average molecular weight is 251 g/mol. The summed E-state index contributed by atoms with van der Waals surface area (Å²) in [5.74, 6) is 0. The number of hydrogen-bond donors (Lipinski definition) is 1. The highest BCUT2D eigenvalue weighted by molar-refractivity contribution is 4.96. The van der Waals surface area contributed by atoms with E-state index < -0.39 is 0 Å². The number of hydrogen-bond acceptors (Lipinski definition) is 4. The van der Waals surface area contributed by atoms with Crippen molar-refractivity contribution in [2.45, 2.75) is 20.0 Å². The van der Waals surface area contributed by atoms with Crippen LogP contribution in [-0.2, 0) is 13.1 Å². The van der Waals surface area contributed by atoms with Crippen molar-refractivity contribution in [3.8, 4) is 0 Å². The van der Waals surface area contributed by atoms with Gasteiger partial charge in [0.2, 0.25) is 0 Å². The highest BCUT2D eigenvalue weighted by Crippen LogP contribution is 2.01. The number of nitrogens with one attached hydrogen (secondary N) is 1.